The van der Waals surface area contributed by atoms with Gasteiger partial charge in [-0.3, -0.25) is 4.79 Å². The fraction of sp³-hybridized carbons (Fsp3) is 0.278. The average Bonchev–Trinajstić information content (AvgIpc) is 2.55. The Morgan fingerprint density at radius 2 is 1.72 bits per heavy atom. The lowest BCUT2D eigenvalue weighted by Crippen LogP contribution is -2.37. The maximum absolute atomic E-state index is 12.5. The molecular formula is C18H20ClNO4S. The zero-order chi connectivity index (χ0) is 18.3. The largest absolute Gasteiger partial charge is 0.481 e. The second-order valence-electron chi connectivity index (χ2n) is 5.79. The molecule has 0 radical (unpaired) electrons. The fourth-order valence-corrected chi connectivity index (χ4v) is 4.25. The molecule has 0 fully saturated rings. The van der Waals surface area contributed by atoms with Crippen LogP contribution in [0.2, 0.25) is 5.02 Å². The van der Waals surface area contributed by atoms with E-state index in [9.17, 15) is 13.2 Å². The van der Waals surface area contributed by atoms with Gasteiger partial charge in [0.15, 0.2) is 0 Å². The molecule has 0 saturated heterocycles. The Labute approximate surface area is 152 Å². The molecule has 2 aromatic carbocycles. The molecule has 0 aliphatic heterocycles. The molecule has 1 unspecified atom stereocenters. The number of hydrogen-bond acceptors (Lipinski definition) is 3. The molecule has 2 rings (SSSR count). The molecule has 0 aromatic heterocycles. The van der Waals surface area contributed by atoms with Gasteiger partial charge in [-0.2, -0.15) is 0 Å². The van der Waals surface area contributed by atoms with E-state index in [1.165, 1.54) is 0 Å². The van der Waals surface area contributed by atoms with E-state index in [0.717, 1.165) is 5.56 Å². The van der Waals surface area contributed by atoms with Crippen molar-refractivity contribution in [1.29, 1.82) is 0 Å². The van der Waals surface area contributed by atoms with Crippen LogP contribution in [0.5, 0.6) is 0 Å². The van der Waals surface area contributed by atoms with E-state index in [2.05, 4.69) is 4.72 Å². The summed E-state index contributed by atoms with van der Waals surface area (Å²) in [5, 5.41) is 9.29. The minimum Gasteiger partial charge on any atom is -0.481 e. The number of carboxylic acids is 1. The van der Waals surface area contributed by atoms with Crippen LogP contribution in [0.15, 0.2) is 54.6 Å². The van der Waals surface area contributed by atoms with Gasteiger partial charge in [0.1, 0.15) is 0 Å². The Morgan fingerprint density at radius 3 is 2.36 bits per heavy atom. The Hall–Kier alpha value is -1.89. The molecule has 0 heterocycles. The Bertz CT molecular complexity index is 809. The Kier molecular flexibility index (Phi) is 6.99. The molecule has 1 atom stereocenters. The molecule has 0 aliphatic rings. The van der Waals surface area contributed by atoms with Crippen LogP contribution in [0.4, 0.5) is 0 Å². The second-order valence-corrected chi connectivity index (χ2v) is 7.95. The number of aliphatic carboxylic acids is 1. The summed E-state index contributed by atoms with van der Waals surface area (Å²) in [7, 11) is -3.65. The lowest BCUT2D eigenvalue weighted by molar-refractivity contribution is -0.137. The summed E-state index contributed by atoms with van der Waals surface area (Å²) in [5.74, 6) is -1.20. The first-order valence-electron chi connectivity index (χ1n) is 7.85. The summed E-state index contributed by atoms with van der Waals surface area (Å²) < 4.78 is 27.6. The van der Waals surface area contributed by atoms with Crippen LogP contribution in [0.25, 0.3) is 0 Å². The SMILES string of the molecule is O=C(O)CCC(Cc1ccccc1)NS(=O)(=O)Cc1ccccc1Cl. The number of hydrogen-bond donors (Lipinski definition) is 2. The van der Waals surface area contributed by atoms with Crippen LogP contribution in [0.1, 0.15) is 24.0 Å². The Morgan fingerprint density at radius 1 is 1.08 bits per heavy atom. The van der Waals surface area contributed by atoms with Crippen LogP contribution in [-0.4, -0.2) is 25.5 Å². The number of nitrogens with one attached hydrogen (secondary N) is 1. The van der Waals surface area contributed by atoms with Gasteiger partial charge in [-0.1, -0.05) is 60.1 Å². The first-order chi connectivity index (χ1) is 11.9. The topological polar surface area (TPSA) is 83.5 Å². The summed E-state index contributed by atoms with van der Waals surface area (Å²) in [6.07, 6.45) is 0.536. The third-order valence-corrected chi connectivity index (χ3v) is 5.43. The third kappa shape index (κ3) is 6.86. The molecule has 134 valence electrons. The van der Waals surface area contributed by atoms with Gasteiger partial charge in [0.05, 0.1) is 5.75 Å². The van der Waals surface area contributed by atoms with Crippen molar-refractivity contribution < 1.29 is 18.3 Å². The van der Waals surface area contributed by atoms with Crippen LogP contribution in [-0.2, 0) is 27.0 Å². The number of benzene rings is 2. The van der Waals surface area contributed by atoms with Crippen LogP contribution >= 0.6 is 11.6 Å². The van der Waals surface area contributed by atoms with E-state index in [0.29, 0.717) is 17.0 Å². The van der Waals surface area contributed by atoms with Crippen molar-refractivity contribution in [2.75, 3.05) is 0 Å². The van der Waals surface area contributed by atoms with E-state index >= 15 is 0 Å². The molecule has 0 spiro atoms. The van der Waals surface area contributed by atoms with Gasteiger partial charge < -0.3 is 5.11 Å². The number of sulfonamides is 1. The molecule has 0 bridgehead atoms. The minimum absolute atomic E-state index is 0.105. The predicted molar refractivity (Wildman–Crippen MR) is 98.0 cm³/mol. The number of carboxylic acid groups (broad SMARTS) is 1. The highest BCUT2D eigenvalue weighted by molar-refractivity contribution is 7.88. The van der Waals surface area contributed by atoms with Gasteiger partial charge in [0.25, 0.3) is 0 Å². The zero-order valence-electron chi connectivity index (χ0n) is 13.6. The standard InChI is InChI=1S/C18H20ClNO4S/c19-17-9-5-4-8-15(17)13-25(23,24)20-16(10-11-18(21)22)12-14-6-2-1-3-7-14/h1-9,16,20H,10-13H2,(H,21,22). The first-order valence-corrected chi connectivity index (χ1v) is 9.88. The van der Waals surface area contributed by atoms with Crippen molar-refractivity contribution in [2.24, 2.45) is 0 Å². The minimum atomic E-state index is -3.65. The third-order valence-electron chi connectivity index (χ3n) is 3.68. The van der Waals surface area contributed by atoms with Crippen molar-refractivity contribution in [3.63, 3.8) is 0 Å². The second kappa shape index (κ2) is 8.99. The van der Waals surface area contributed by atoms with Gasteiger partial charge in [-0.15, -0.1) is 0 Å². The van der Waals surface area contributed by atoms with Crippen LogP contribution in [0, 0.1) is 0 Å². The summed E-state index contributed by atoms with van der Waals surface area (Å²) in [4.78, 5) is 10.9. The van der Waals surface area contributed by atoms with E-state index < -0.39 is 22.0 Å². The molecule has 25 heavy (non-hydrogen) atoms. The highest BCUT2D eigenvalue weighted by Crippen LogP contribution is 2.18. The summed E-state index contributed by atoms with van der Waals surface area (Å²) >= 11 is 6.03. The van der Waals surface area contributed by atoms with Gasteiger partial charge in [0.2, 0.25) is 10.0 Å². The number of carbonyl (C=O) groups is 1. The molecule has 5 nitrogen and oxygen atoms in total. The zero-order valence-corrected chi connectivity index (χ0v) is 15.1. The van der Waals surface area contributed by atoms with E-state index in [1.807, 2.05) is 30.3 Å². The highest BCUT2D eigenvalue weighted by Gasteiger charge is 2.20. The van der Waals surface area contributed by atoms with Gasteiger partial charge in [0, 0.05) is 17.5 Å². The van der Waals surface area contributed by atoms with Crippen molar-refractivity contribution in [3.05, 3.63) is 70.7 Å². The van der Waals surface area contributed by atoms with Crippen molar-refractivity contribution in [3.8, 4) is 0 Å². The molecule has 7 heteroatoms. The highest BCUT2D eigenvalue weighted by atomic mass is 35.5. The molecule has 2 aromatic rings. The lowest BCUT2D eigenvalue weighted by Gasteiger charge is -2.18. The Balaban J connectivity index is 2.10. The summed E-state index contributed by atoms with van der Waals surface area (Å²) in [6.45, 7) is 0. The fourth-order valence-electron chi connectivity index (χ4n) is 2.51. The van der Waals surface area contributed by atoms with Crippen molar-refractivity contribution in [1.82, 2.24) is 4.72 Å². The smallest absolute Gasteiger partial charge is 0.303 e. The lowest BCUT2D eigenvalue weighted by atomic mass is 10.0. The number of rotatable bonds is 9. The van der Waals surface area contributed by atoms with Crippen LogP contribution < -0.4 is 4.72 Å². The van der Waals surface area contributed by atoms with E-state index in [1.54, 1.807) is 24.3 Å². The van der Waals surface area contributed by atoms with Crippen molar-refractivity contribution >= 4 is 27.6 Å². The maximum atomic E-state index is 12.5. The average molecular weight is 382 g/mol. The maximum Gasteiger partial charge on any atom is 0.303 e. The molecule has 0 aliphatic carbocycles. The van der Waals surface area contributed by atoms with Crippen LogP contribution in [0.3, 0.4) is 0 Å². The summed E-state index contributed by atoms with van der Waals surface area (Å²) in [5.41, 5.74) is 1.45. The summed E-state index contributed by atoms with van der Waals surface area (Å²) in [6, 6.07) is 15.6. The van der Waals surface area contributed by atoms with Gasteiger partial charge >= 0.3 is 5.97 Å². The molecule has 0 amide bonds. The first kappa shape index (κ1) is 19.4. The molecular weight excluding hydrogens is 362 g/mol. The van der Waals surface area contributed by atoms with Gasteiger partial charge in [-0.05, 0) is 30.0 Å². The molecule has 2 N–H and O–H groups in total. The monoisotopic (exact) mass is 381 g/mol. The quantitative estimate of drug-likeness (QED) is 0.698. The van der Waals surface area contributed by atoms with Crippen molar-refractivity contribution in [2.45, 2.75) is 31.1 Å². The molecule has 0 saturated carbocycles. The van der Waals surface area contributed by atoms with E-state index in [-0.39, 0.29) is 18.6 Å². The predicted octanol–water partition coefficient (Wildman–Crippen LogP) is 3.24. The normalized spacial score (nSPS) is 12.7. The number of halogens is 1. The van der Waals surface area contributed by atoms with E-state index in [4.69, 9.17) is 16.7 Å². The van der Waals surface area contributed by atoms with Gasteiger partial charge in [-0.25, -0.2) is 13.1 Å².